The van der Waals surface area contributed by atoms with Crippen LogP contribution >= 0.6 is 0 Å². The van der Waals surface area contributed by atoms with Crippen LogP contribution in [0, 0.1) is 11.7 Å². The van der Waals surface area contributed by atoms with Crippen molar-refractivity contribution in [1.29, 1.82) is 0 Å². The number of aryl methyl sites for hydroxylation is 1. The summed E-state index contributed by atoms with van der Waals surface area (Å²) in [7, 11) is 1.90. The Labute approximate surface area is 164 Å². The number of carbonyl (C=O) groups excluding carboxylic acids is 1. The van der Waals surface area contributed by atoms with Gasteiger partial charge in [0.1, 0.15) is 5.82 Å². The first kappa shape index (κ1) is 18.6. The van der Waals surface area contributed by atoms with Gasteiger partial charge in [0.2, 0.25) is 0 Å². The minimum absolute atomic E-state index is 0.0365. The Balaban J connectivity index is 1.47. The zero-order chi connectivity index (χ0) is 19.5. The lowest BCUT2D eigenvalue weighted by Crippen LogP contribution is -2.38. The Morgan fingerprint density at radius 2 is 2.04 bits per heavy atom. The number of benzene rings is 2. The third kappa shape index (κ3) is 4.04. The molecule has 0 aliphatic carbocycles. The molecule has 3 aromatic rings. The van der Waals surface area contributed by atoms with Crippen LogP contribution in [0.4, 0.5) is 4.39 Å². The molecule has 0 saturated carbocycles. The summed E-state index contributed by atoms with van der Waals surface area (Å²) in [4.78, 5) is 15.3. The SMILES string of the molecule is Cn1cc(CN2CCC[C@@H](C(=O)c3ccc(-c4ccccc4)c(F)c3)C2)cn1. The van der Waals surface area contributed by atoms with Crippen LogP contribution in [0.1, 0.15) is 28.8 Å². The smallest absolute Gasteiger partial charge is 0.167 e. The van der Waals surface area contributed by atoms with E-state index in [1.54, 1.807) is 16.8 Å². The molecular formula is C23H24FN3O. The molecule has 1 aromatic heterocycles. The predicted molar refractivity (Wildman–Crippen MR) is 107 cm³/mol. The van der Waals surface area contributed by atoms with Crippen molar-refractivity contribution in [2.75, 3.05) is 13.1 Å². The highest BCUT2D eigenvalue weighted by atomic mass is 19.1. The van der Waals surface area contributed by atoms with Gasteiger partial charge >= 0.3 is 0 Å². The zero-order valence-electron chi connectivity index (χ0n) is 16.0. The number of aromatic nitrogens is 2. The number of likely N-dealkylation sites (tertiary alicyclic amines) is 1. The fourth-order valence-corrected chi connectivity index (χ4v) is 3.98. The first-order chi connectivity index (χ1) is 13.6. The Morgan fingerprint density at radius 1 is 1.21 bits per heavy atom. The van der Waals surface area contributed by atoms with Gasteiger partial charge in [-0.1, -0.05) is 42.5 Å². The van der Waals surface area contributed by atoms with Gasteiger partial charge in [-0.25, -0.2) is 4.39 Å². The summed E-state index contributed by atoms with van der Waals surface area (Å²) in [6.07, 6.45) is 5.69. The number of piperidine rings is 1. The van der Waals surface area contributed by atoms with Crippen molar-refractivity contribution >= 4 is 5.78 Å². The summed E-state index contributed by atoms with van der Waals surface area (Å²) < 4.78 is 16.4. The average Bonchev–Trinajstić information content (AvgIpc) is 3.12. The maximum atomic E-state index is 14.7. The molecule has 144 valence electrons. The minimum Gasteiger partial charge on any atom is -0.298 e. The Hall–Kier alpha value is -2.79. The van der Waals surface area contributed by atoms with Gasteiger partial charge in [0, 0.05) is 48.9 Å². The molecule has 1 aliphatic heterocycles. The summed E-state index contributed by atoms with van der Waals surface area (Å²) in [5.74, 6) is -0.401. The lowest BCUT2D eigenvalue weighted by Gasteiger charge is -2.31. The maximum Gasteiger partial charge on any atom is 0.167 e. The van der Waals surface area contributed by atoms with Crippen molar-refractivity contribution in [1.82, 2.24) is 14.7 Å². The van der Waals surface area contributed by atoms with E-state index in [1.165, 1.54) is 6.07 Å². The summed E-state index contributed by atoms with van der Waals surface area (Å²) in [6.45, 7) is 2.47. The fourth-order valence-electron chi connectivity index (χ4n) is 3.98. The lowest BCUT2D eigenvalue weighted by molar-refractivity contribution is 0.0811. The fraction of sp³-hybridized carbons (Fsp3) is 0.304. The standard InChI is InChI=1S/C23H24FN3O/c1-26-14-17(13-25-26)15-27-11-5-8-20(16-27)23(28)19-9-10-21(22(24)12-19)18-6-3-2-4-7-18/h2-4,6-7,9-10,12-14,20H,5,8,11,15-16H2,1H3/t20-/m1/s1. The monoisotopic (exact) mass is 377 g/mol. The van der Waals surface area contributed by atoms with E-state index in [9.17, 15) is 9.18 Å². The molecular weight excluding hydrogens is 353 g/mol. The molecule has 2 aromatic carbocycles. The molecule has 1 fully saturated rings. The third-order valence-corrected chi connectivity index (χ3v) is 5.38. The van der Waals surface area contributed by atoms with E-state index in [1.807, 2.05) is 49.8 Å². The molecule has 1 aliphatic rings. The number of ketones is 1. The minimum atomic E-state index is -0.347. The number of halogens is 1. The highest BCUT2D eigenvalue weighted by Gasteiger charge is 2.27. The molecule has 0 amide bonds. The van der Waals surface area contributed by atoms with E-state index in [0.29, 0.717) is 17.7 Å². The molecule has 4 rings (SSSR count). The molecule has 0 unspecified atom stereocenters. The number of hydrogen-bond donors (Lipinski definition) is 0. The van der Waals surface area contributed by atoms with Gasteiger partial charge in [0.05, 0.1) is 6.20 Å². The molecule has 0 N–H and O–H groups in total. The van der Waals surface area contributed by atoms with E-state index in [4.69, 9.17) is 0 Å². The maximum absolute atomic E-state index is 14.7. The van der Waals surface area contributed by atoms with E-state index in [-0.39, 0.29) is 17.5 Å². The van der Waals surface area contributed by atoms with Gasteiger partial charge in [0.15, 0.2) is 5.78 Å². The van der Waals surface area contributed by atoms with E-state index < -0.39 is 0 Å². The zero-order valence-corrected chi connectivity index (χ0v) is 16.0. The van der Waals surface area contributed by atoms with Crippen LogP contribution in [-0.2, 0) is 13.6 Å². The lowest BCUT2D eigenvalue weighted by atomic mass is 9.89. The molecule has 4 nitrogen and oxygen atoms in total. The summed E-state index contributed by atoms with van der Waals surface area (Å²) in [5, 5.41) is 4.21. The highest BCUT2D eigenvalue weighted by molar-refractivity contribution is 5.98. The Kier molecular flexibility index (Phi) is 5.35. The van der Waals surface area contributed by atoms with E-state index in [2.05, 4.69) is 10.00 Å². The number of rotatable bonds is 5. The summed E-state index contributed by atoms with van der Waals surface area (Å²) in [5.41, 5.74) is 2.96. The van der Waals surface area contributed by atoms with Crippen molar-refractivity contribution in [3.05, 3.63) is 77.9 Å². The van der Waals surface area contributed by atoms with Crippen LogP contribution in [0.15, 0.2) is 60.9 Å². The quantitative estimate of drug-likeness (QED) is 0.622. The number of Topliss-reactive ketones (excluding diaryl/α,β-unsaturated/α-hetero) is 1. The van der Waals surface area contributed by atoms with Crippen LogP contribution < -0.4 is 0 Å². The van der Waals surface area contributed by atoms with Gasteiger partial charge in [-0.2, -0.15) is 5.10 Å². The Bertz CT molecular complexity index is 967. The van der Waals surface area contributed by atoms with Gasteiger partial charge < -0.3 is 0 Å². The second kappa shape index (κ2) is 8.07. The molecule has 28 heavy (non-hydrogen) atoms. The molecule has 1 atom stereocenters. The number of carbonyl (C=O) groups is 1. The second-order valence-corrected chi connectivity index (χ2v) is 7.52. The molecule has 0 bridgehead atoms. The molecule has 2 heterocycles. The first-order valence-corrected chi connectivity index (χ1v) is 9.69. The van der Waals surface area contributed by atoms with Crippen molar-refractivity contribution in [3.8, 4) is 11.1 Å². The molecule has 5 heteroatoms. The van der Waals surface area contributed by atoms with Gasteiger partial charge in [-0.15, -0.1) is 0 Å². The van der Waals surface area contributed by atoms with Gasteiger partial charge in [-0.3, -0.25) is 14.4 Å². The van der Waals surface area contributed by atoms with Crippen LogP contribution in [0.2, 0.25) is 0 Å². The van der Waals surface area contributed by atoms with Crippen LogP contribution in [-0.4, -0.2) is 33.6 Å². The molecule has 0 radical (unpaired) electrons. The van der Waals surface area contributed by atoms with Crippen LogP contribution in [0.25, 0.3) is 11.1 Å². The van der Waals surface area contributed by atoms with Crippen molar-refractivity contribution < 1.29 is 9.18 Å². The van der Waals surface area contributed by atoms with E-state index in [0.717, 1.165) is 37.1 Å². The Morgan fingerprint density at radius 3 is 2.75 bits per heavy atom. The van der Waals surface area contributed by atoms with Crippen molar-refractivity contribution in [2.24, 2.45) is 13.0 Å². The van der Waals surface area contributed by atoms with Gasteiger partial charge in [-0.05, 0) is 31.0 Å². The summed E-state index contributed by atoms with van der Waals surface area (Å²) >= 11 is 0. The second-order valence-electron chi connectivity index (χ2n) is 7.52. The van der Waals surface area contributed by atoms with Crippen molar-refractivity contribution in [3.63, 3.8) is 0 Å². The number of nitrogens with zero attached hydrogens (tertiary/aromatic N) is 3. The van der Waals surface area contributed by atoms with Crippen LogP contribution in [0.5, 0.6) is 0 Å². The predicted octanol–water partition coefficient (Wildman–Crippen LogP) is 4.32. The largest absolute Gasteiger partial charge is 0.298 e. The van der Waals surface area contributed by atoms with E-state index >= 15 is 0 Å². The molecule has 0 spiro atoms. The molecule has 1 saturated heterocycles. The topological polar surface area (TPSA) is 38.1 Å². The first-order valence-electron chi connectivity index (χ1n) is 9.69. The average molecular weight is 377 g/mol. The summed E-state index contributed by atoms with van der Waals surface area (Å²) in [6, 6.07) is 14.3. The van der Waals surface area contributed by atoms with Gasteiger partial charge in [0.25, 0.3) is 0 Å². The van der Waals surface area contributed by atoms with Crippen LogP contribution in [0.3, 0.4) is 0 Å². The highest BCUT2D eigenvalue weighted by Crippen LogP contribution is 2.27. The van der Waals surface area contributed by atoms with Crippen molar-refractivity contribution in [2.45, 2.75) is 19.4 Å². The third-order valence-electron chi connectivity index (χ3n) is 5.38. The normalized spacial score (nSPS) is 17.6. The number of hydrogen-bond acceptors (Lipinski definition) is 3.